The highest BCUT2D eigenvalue weighted by Gasteiger charge is 2.20. The molecule has 0 saturated carbocycles. The third-order valence-electron chi connectivity index (χ3n) is 11.4. The van der Waals surface area contributed by atoms with Crippen LogP contribution in [0.2, 0.25) is 0 Å². The van der Waals surface area contributed by atoms with Crippen LogP contribution in [0.3, 0.4) is 0 Å². The molecule has 58 heavy (non-hydrogen) atoms. The number of hydrogen-bond donors (Lipinski definition) is 0. The van der Waals surface area contributed by atoms with Crippen LogP contribution in [-0.4, -0.2) is 19.5 Å². The van der Waals surface area contributed by atoms with Gasteiger partial charge >= 0.3 is 0 Å². The third kappa shape index (κ3) is 5.25. The molecule has 0 unspecified atom stereocenters. The maximum absolute atomic E-state index is 5.43. The van der Waals surface area contributed by atoms with E-state index in [0.29, 0.717) is 17.5 Å². The Hall–Kier alpha value is -7.47. The fourth-order valence-corrected chi connectivity index (χ4v) is 9.85. The summed E-state index contributed by atoms with van der Waals surface area (Å²) >= 11 is 1.80. The first-order valence-electron chi connectivity index (χ1n) is 19.5. The van der Waals surface area contributed by atoms with Crippen molar-refractivity contribution in [2.75, 3.05) is 0 Å². The van der Waals surface area contributed by atoms with E-state index in [-0.39, 0.29) is 0 Å². The van der Waals surface area contributed by atoms with E-state index in [2.05, 4.69) is 193 Å². The highest BCUT2D eigenvalue weighted by molar-refractivity contribution is 7.25. The van der Waals surface area contributed by atoms with Crippen molar-refractivity contribution in [3.05, 3.63) is 194 Å². The Balaban J connectivity index is 1.15. The summed E-state index contributed by atoms with van der Waals surface area (Å²) in [5, 5.41) is 9.45. The van der Waals surface area contributed by atoms with Crippen molar-refractivity contribution in [2.45, 2.75) is 0 Å². The van der Waals surface area contributed by atoms with Gasteiger partial charge in [0.2, 0.25) is 0 Å². The van der Waals surface area contributed by atoms with Crippen LogP contribution >= 0.6 is 11.3 Å². The van der Waals surface area contributed by atoms with E-state index in [0.717, 1.165) is 55.3 Å². The van der Waals surface area contributed by atoms with Crippen LogP contribution in [0.25, 0.3) is 115 Å². The molecule has 0 bridgehead atoms. The number of benzene rings is 9. The summed E-state index contributed by atoms with van der Waals surface area (Å²) in [4.78, 5) is 16.1. The van der Waals surface area contributed by atoms with Crippen molar-refractivity contribution in [2.24, 2.45) is 0 Å². The number of para-hydroxylation sites is 1. The summed E-state index contributed by atoms with van der Waals surface area (Å²) in [6.45, 7) is 0. The van der Waals surface area contributed by atoms with Gasteiger partial charge in [-0.3, -0.25) is 0 Å². The fourth-order valence-electron chi connectivity index (χ4n) is 8.72. The van der Waals surface area contributed by atoms with Crippen LogP contribution in [0.15, 0.2) is 194 Å². The summed E-state index contributed by atoms with van der Waals surface area (Å²) < 4.78 is 4.85. The molecule has 0 fully saturated rings. The van der Waals surface area contributed by atoms with Crippen LogP contribution in [0, 0.1) is 0 Å². The lowest BCUT2D eigenvalue weighted by Gasteiger charge is -2.15. The monoisotopic (exact) mass is 756 g/mol. The van der Waals surface area contributed by atoms with E-state index < -0.39 is 0 Å². The summed E-state index contributed by atoms with van der Waals surface area (Å²) in [6.07, 6.45) is 0. The molecule has 4 nitrogen and oxygen atoms in total. The molecule has 0 atom stereocenters. The SMILES string of the molecule is c1ccc(-c2cccc(-c3nc(-c4cc(-n5c6ccccc6c6cc7ccccc7cc65)cc5ccccc45)nc(-c4cccc5sc6ccccc6c45)n3)c2)cc1. The predicted octanol–water partition coefficient (Wildman–Crippen LogP) is 14.3. The van der Waals surface area contributed by atoms with Gasteiger partial charge in [0.15, 0.2) is 17.5 Å². The number of hydrogen-bond acceptors (Lipinski definition) is 4. The first kappa shape index (κ1) is 32.7. The van der Waals surface area contributed by atoms with E-state index in [1.165, 1.54) is 41.7 Å². The van der Waals surface area contributed by atoms with Crippen LogP contribution in [0.4, 0.5) is 0 Å². The molecular formula is C53H32N4S. The van der Waals surface area contributed by atoms with Gasteiger partial charge in [-0.1, -0.05) is 146 Å². The Morgan fingerprint density at radius 1 is 0.345 bits per heavy atom. The molecule has 0 N–H and O–H groups in total. The second kappa shape index (κ2) is 13.1. The van der Waals surface area contributed by atoms with Gasteiger partial charge in [-0.25, -0.2) is 15.0 Å². The van der Waals surface area contributed by atoms with Crippen LogP contribution < -0.4 is 0 Å². The van der Waals surface area contributed by atoms with Gasteiger partial charge < -0.3 is 4.57 Å². The zero-order valence-corrected chi connectivity index (χ0v) is 32.0. The average molecular weight is 757 g/mol. The fraction of sp³-hybridized carbons (Fsp3) is 0. The number of nitrogens with zero attached hydrogens (tertiary/aromatic N) is 4. The summed E-state index contributed by atoms with van der Waals surface area (Å²) in [5.41, 5.74) is 8.50. The van der Waals surface area contributed by atoms with Crippen LogP contribution in [0.1, 0.15) is 0 Å². The van der Waals surface area contributed by atoms with Gasteiger partial charge in [-0.2, -0.15) is 0 Å². The molecule has 0 aliphatic heterocycles. The van der Waals surface area contributed by atoms with Crippen molar-refractivity contribution < 1.29 is 0 Å². The van der Waals surface area contributed by atoms with Gasteiger partial charge in [0.25, 0.3) is 0 Å². The molecule has 5 heteroatoms. The molecule has 0 radical (unpaired) electrons. The molecule has 0 saturated heterocycles. The van der Waals surface area contributed by atoms with Gasteiger partial charge in [-0.05, 0) is 81.2 Å². The molecule has 0 spiro atoms. The highest BCUT2D eigenvalue weighted by atomic mass is 32.1. The maximum atomic E-state index is 5.43. The Kier molecular flexibility index (Phi) is 7.37. The molecule has 12 aromatic rings. The quantitative estimate of drug-likeness (QED) is 0.176. The van der Waals surface area contributed by atoms with E-state index in [1.54, 1.807) is 11.3 Å². The molecule has 0 aliphatic carbocycles. The third-order valence-corrected chi connectivity index (χ3v) is 12.5. The minimum absolute atomic E-state index is 0.630. The molecule has 0 aliphatic rings. The Labute approximate surface area is 338 Å². The van der Waals surface area contributed by atoms with Crippen molar-refractivity contribution in [1.29, 1.82) is 0 Å². The smallest absolute Gasteiger partial charge is 0.164 e. The topological polar surface area (TPSA) is 43.6 Å². The van der Waals surface area contributed by atoms with Gasteiger partial charge in [-0.15, -0.1) is 11.3 Å². The second-order valence-corrected chi connectivity index (χ2v) is 15.9. The number of thiophene rings is 1. The Morgan fingerprint density at radius 2 is 0.966 bits per heavy atom. The molecule has 270 valence electrons. The minimum atomic E-state index is 0.630. The summed E-state index contributed by atoms with van der Waals surface area (Å²) in [6, 6.07) is 69.2. The number of rotatable bonds is 5. The van der Waals surface area contributed by atoms with Gasteiger partial charge in [0, 0.05) is 53.3 Å². The van der Waals surface area contributed by atoms with E-state index in [1.807, 2.05) is 6.07 Å². The van der Waals surface area contributed by atoms with Crippen molar-refractivity contribution in [1.82, 2.24) is 19.5 Å². The number of fused-ring (bicyclic) bond motifs is 8. The van der Waals surface area contributed by atoms with Gasteiger partial charge in [0.1, 0.15) is 0 Å². The minimum Gasteiger partial charge on any atom is -0.309 e. The lowest BCUT2D eigenvalue weighted by Crippen LogP contribution is -2.02. The zero-order valence-electron chi connectivity index (χ0n) is 31.2. The zero-order chi connectivity index (χ0) is 38.2. The highest BCUT2D eigenvalue weighted by Crippen LogP contribution is 2.41. The first-order valence-corrected chi connectivity index (χ1v) is 20.3. The van der Waals surface area contributed by atoms with E-state index >= 15 is 0 Å². The van der Waals surface area contributed by atoms with Crippen molar-refractivity contribution >= 4 is 74.9 Å². The van der Waals surface area contributed by atoms with E-state index in [4.69, 9.17) is 15.0 Å². The Morgan fingerprint density at radius 3 is 1.83 bits per heavy atom. The molecular weight excluding hydrogens is 725 g/mol. The summed E-state index contributed by atoms with van der Waals surface area (Å²) in [5.74, 6) is 1.91. The molecule has 0 amide bonds. The van der Waals surface area contributed by atoms with Crippen molar-refractivity contribution in [3.8, 4) is 51.0 Å². The molecule has 12 rings (SSSR count). The largest absolute Gasteiger partial charge is 0.309 e. The Bertz CT molecular complexity index is 3580. The second-order valence-electron chi connectivity index (χ2n) is 14.8. The molecule has 3 heterocycles. The van der Waals surface area contributed by atoms with Crippen LogP contribution in [0.5, 0.6) is 0 Å². The predicted molar refractivity (Wildman–Crippen MR) is 244 cm³/mol. The van der Waals surface area contributed by atoms with Crippen molar-refractivity contribution in [3.63, 3.8) is 0 Å². The first-order chi connectivity index (χ1) is 28.7. The molecule has 3 aromatic heterocycles. The standard InChI is InChI=1S/C53H32N4S/c1-2-14-33(15-3-1)34-19-12-20-38(28-34)51-54-52(43-24-13-27-49-50(43)42-23-9-11-26-48(42)58-49)56-53(55-51)45-32-39(29-37-18-6-7-21-40(37)45)57-46-25-10-8-22-41(46)44-30-35-16-4-5-17-36(35)31-47(44)57/h1-32H. The maximum Gasteiger partial charge on any atom is 0.164 e. The van der Waals surface area contributed by atoms with Crippen LogP contribution in [-0.2, 0) is 0 Å². The number of aromatic nitrogens is 4. The lowest BCUT2D eigenvalue weighted by molar-refractivity contribution is 1.08. The van der Waals surface area contributed by atoms with Gasteiger partial charge in [0.05, 0.1) is 11.0 Å². The normalized spacial score (nSPS) is 11.8. The summed E-state index contributed by atoms with van der Waals surface area (Å²) in [7, 11) is 0. The average Bonchev–Trinajstić information content (AvgIpc) is 3.83. The molecule has 9 aromatic carbocycles. The van der Waals surface area contributed by atoms with E-state index in [9.17, 15) is 0 Å². The lowest BCUT2D eigenvalue weighted by atomic mass is 10.0.